The van der Waals surface area contributed by atoms with E-state index in [1.165, 1.54) is 0 Å². The van der Waals surface area contributed by atoms with Gasteiger partial charge in [0.1, 0.15) is 0 Å². The number of halogens is 2. The zero-order chi connectivity index (χ0) is 25.1. The second-order valence-electron chi connectivity index (χ2n) is 8.55. The van der Waals surface area contributed by atoms with Gasteiger partial charge in [0.2, 0.25) is 11.8 Å². The van der Waals surface area contributed by atoms with Crippen LogP contribution in [0.1, 0.15) is 44.0 Å². The monoisotopic (exact) mass is 512 g/mol. The molecule has 0 bridgehead atoms. The molecule has 1 fully saturated rings. The number of rotatable bonds is 7. The third kappa shape index (κ3) is 5.77. The van der Waals surface area contributed by atoms with Crippen LogP contribution in [-0.2, 0) is 0 Å². The summed E-state index contributed by atoms with van der Waals surface area (Å²) < 4.78 is 0. The predicted octanol–water partition coefficient (Wildman–Crippen LogP) is 3.79. The Bertz CT molecular complexity index is 1220. The first-order valence-electron chi connectivity index (χ1n) is 11.1. The molecule has 7 nitrogen and oxygen atoms in total. The van der Waals surface area contributed by atoms with Crippen LogP contribution in [0.4, 0.5) is 5.69 Å². The van der Waals surface area contributed by atoms with E-state index in [1.54, 1.807) is 36.4 Å². The highest BCUT2D eigenvalue weighted by molar-refractivity contribution is 6.33. The molecule has 1 aliphatic heterocycles. The standard InChI is InChI=1S/C26H26Cl2N4O3/c27-20-8-5-16(6-9-20)23-14-31(15-24(33)17-1-3-18(4-2-17)25(29)34)11-12-32(23)22-10-7-19(26(30)35)13-21(22)28/h1-10,13,23-24,33H,11-12,14-15H2,(H2,29,34)(H2,30,35)/t23-,24?/m0/s1. The maximum Gasteiger partial charge on any atom is 0.248 e. The first-order valence-corrected chi connectivity index (χ1v) is 11.9. The van der Waals surface area contributed by atoms with Gasteiger partial charge in [-0.25, -0.2) is 0 Å². The van der Waals surface area contributed by atoms with E-state index >= 15 is 0 Å². The predicted molar refractivity (Wildman–Crippen MR) is 138 cm³/mol. The van der Waals surface area contributed by atoms with Crippen LogP contribution in [0.25, 0.3) is 0 Å². The minimum Gasteiger partial charge on any atom is -0.387 e. The molecule has 1 saturated heterocycles. The van der Waals surface area contributed by atoms with Crippen molar-refractivity contribution in [2.45, 2.75) is 12.1 Å². The maximum atomic E-state index is 11.6. The molecule has 182 valence electrons. The summed E-state index contributed by atoms with van der Waals surface area (Å²) in [7, 11) is 0. The molecule has 1 aliphatic rings. The van der Waals surface area contributed by atoms with E-state index in [1.807, 2.05) is 30.3 Å². The summed E-state index contributed by atoms with van der Waals surface area (Å²) in [5.74, 6) is -1.04. The number of aliphatic hydroxyl groups excluding tert-OH is 1. The fourth-order valence-electron chi connectivity index (χ4n) is 4.38. The summed E-state index contributed by atoms with van der Waals surface area (Å²) in [5.41, 5.74) is 14.0. The van der Waals surface area contributed by atoms with E-state index in [0.717, 1.165) is 11.3 Å². The van der Waals surface area contributed by atoms with Gasteiger partial charge in [0.15, 0.2) is 0 Å². The zero-order valence-corrected chi connectivity index (χ0v) is 20.4. The number of piperazine rings is 1. The lowest BCUT2D eigenvalue weighted by atomic mass is 9.99. The largest absolute Gasteiger partial charge is 0.387 e. The summed E-state index contributed by atoms with van der Waals surface area (Å²) in [6.45, 7) is 2.39. The van der Waals surface area contributed by atoms with Crippen molar-refractivity contribution in [3.8, 4) is 0 Å². The Kier molecular flexibility index (Phi) is 7.62. The van der Waals surface area contributed by atoms with Crippen molar-refractivity contribution in [1.82, 2.24) is 4.90 Å². The number of carbonyl (C=O) groups excluding carboxylic acids is 2. The Balaban J connectivity index is 1.57. The summed E-state index contributed by atoms with van der Waals surface area (Å²) in [6.07, 6.45) is -0.729. The van der Waals surface area contributed by atoms with E-state index in [2.05, 4.69) is 9.80 Å². The number of β-amino-alcohol motifs (C(OH)–C–C–N with tert-alkyl or cyclic N) is 1. The van der Waals surface area contributed by atoms with Gasteiger partial charge in [0, 0.05) is 42.3 Å². The molecular weight excluding hydrogens is 487 g/mol. The van der Waals surface area contributed by atoms with Crippen LogP contribution in [0.15, 0.2) is 66.7 Å². The Hall–Kier alpha value is -3.10. The second kappa shape index (κ2) is 10.7. The van der Waals surface area contributed by atoms with E-state index in [-0.39, 0.29) is 6.04 Å². The molecule has 3 aromatic carbocycles. The lowest BCUT2D eigenvalue weighted by molar-refractivity contribution is 0.0987. The molecule has 0 aliphatic carbocycles. The Morgan fingerprint density at radius 1 is 0.914 bits per heavy atom. The van der Waals surface area contributed by atoms with Gasteiger partial charge in [-0.1, -0.05) is 47.5 Å². The Morgan fingerprint density at radius 3 is 2.14 bits per heavy atom. The average molecular weight is 513 g/mol. The fraction of sp³-hybridized carbons (Fsp3) is 0.231. The molecule has 3 aromatic rings. The van der Waals surface area contributed by atoms with Crippen molar-refractivity contribution in [2.75, 3.05) is 31.1 Å². The van der Waals surface area contributed by atoms with Gasteiger partial charge in [-0.15, -0.1) is 0 Å². The topological polar surface area (TPSA) is 113 Å². The zero-order valence-electron chi connectivity index (χ0n) is 18.9. The van der Waals surface area contributed by atoms with Gasteiger partial charge >= 0.3 is 0 Å². The molecule has 1 unspecified atom stereocenters. The van der Waals surface area contributed by atoms with E-state index < -0.39 is 17.9 Å². The highest BCUT2D eigenvalue weighted by atomic mass is 35.5. The molecule has 0 aromatic heterocycles. The van der Waals surface area contributed by atoms with Crippen LogP contribution in [0.5, 0.6) is 0 Å². The van der Waals surface area contributed by atoms with Crippen LogP contribution in [0.2, 0.25) is 10.0 Å². The number of primary amides is 2. The molecule has 4 rings (SSSR count). The van der Waals surface area contributed by atoms with Gasteiger partial charge in [0.05, 0.1) is 22.9 Å². The molecule has 9 heteroatoms. The van der Waals surface area contributed by atoms with Crippen LogP contribution < -0.4 is 16.4 Å². The number of anilines is 1. The lowest BCUT2D eigenvalue weighted by Gasteiger charge is -2.44. The van der Waals surface area contributed by atoms with Crippen molar-refractivity contribution in [1.29, 1.82) is 0 Å². The average Bonchev–Trinajstić information content (AvgIpc) is 2.84. The Morgan fingerprint density at radius 2 is 1.54 bits per heavy atom. The summed E-state index contributed by atoms with van der Waals surface area (Å²) in [5, 5.41) is 11.9. The highest BCUT2D eigenvalue weighted by Crippen LogP contribution is 2.36. The van der Waals surface area contributed by atoms with Gasteiger partial charge in [-0.2, -0.15) is 0 Å². The number of nitrogens with zero attached hydrogens (tertiary/aromatic N) is 2. The number of hydrogen-bond acceptors (Lipinski definition) is 5. The molecule has 2 atom stereocenters. The number of carbonyl (C=O) groups is 2. The third-order valence-corrected chi connectivity index (χ3v) is 6.83. The maximum absolute atomic E-state index is 11.6. The first-order chi connectivity index (χ1) is 16.7. The van der Waals surface area contributed by atoms with E-state index in [4.69, 9.17) is 34.7 Å². The number of aliphatic hydroxyl groups is 1. The molecule has 0 spiro atoms. The molecule has 35 heavy (non-hydrogen) atoms. The minimum atomic E-state index is -0.729. The van der Waals surface area contributed by atoms with Gasteiger partial charge in [0.25, 0.3) is 0 Å². The quantitative estimate of drug-likeness (QED) is 0.445. The van der Waals surface area contributed by atoms with Crippen molar-refractivity contribution in [2.24, 2.45) is 11.5 Å². The summed E-state index contributed by atoms with van der Waals surface area (Å²) >= 11 is 12.7. The van der Waals surface area contributed by atoms with Gasteiger partial charge in [-0.3, -0.25) is 14.5 Å². The molecule has 1 heterocycles. The van der Waals surface area contributed by atoms with Crippen molar-refractivity contribution in [3.63, 3.8) is 0 Å². The van der Waals surface area contributed by atoms with Crippen LogP contribution in [0, 0.1) is 0 Å². The fourth-order valence-corrected chi connectivity index (χ4v) is 4.79. The van der Waals surface area contributed by atoms with Crippen molar-refractivity contribution >= 4 is 40.7 Å². The molecule has 5 N–H and O–H groups in total. The SMILES string of the molecule is NC(=O)c1ccc(C(O)CN2CCN(c3ccc(C(N)=O)cc3Cl)[C@H](c3ccc(Cl)cc3)C2)cc1. The van der Waals surface area contributed by atoms with E-state index in [0.29, 0.717) is 52.9 Å². The molecule has 2 amide bonds. The normalized spacial score (nSPS) is 17.2. The number of benzene rings is 3. The van der Waals surface area contributed by atoms with Crippen LogP contribution in [-0.4, -0.2) is 48.0 Å². The number of hydrogen-bond donors (Lipinski definition) is 3. The molecular formula is C26H26Cl2N4O3. The van der Waals surface area contributed by atoms with E-state index in [9.17, 15) is 14.7 Å². The second-order valence-corrected chi connectivity index (χ2v) is 9.40. The van der Waals surface area contributed by atoms with Crippen LogP contribution in [0.3, 0.4) is 0 Å². The smallest absolute Gasteiger partial charge is 0.248 e. The van der Waals surface area contributed by atoms with Gasteiger partial charge < -0.3 is 21.5 Å². The lowest BCUT2D eigenvalue weighted by Crippen LogP contribution is -2.49. The summed E-state index contributed by atoms with van der Waals surface area (Å²) in [4.78, 5) is 27.3. The van der Waals surface area contributed by atoms with Crippen LogP contribution >= 0.6 is 23.2 Å². The molecule has 0 saturated carbocycles. The third-order valence-electron chi connectivity index (χ3n) is 6.27. The number of amides is 2. The Labute approximate surface area is 213 Å². The van der Waals surface area contributed by atoms with Gasteiger partial charge in [-0.05, 0) is 53.6 Å². The van der Waals surface area contributed by atoms with Crippen molar-refractivity contribution in [3.05, 3.63) is 99.0 Å². The number of nitrogens with two attached hydrogens (primary N) is 2. The highest BCUT2D eigenvalue weighted by Gasteiger charge is 2.31. The molecule has 0 radical (unpaired) electrons. The van der Waals surface area contributed by atoms with Crippen molar-refractivity contribution < 1.29 is 14.7 Å². The summed E-state index contributed by atoms with van der Waals surface area (Å²) in [6, 6.07) is 19.3. The first kappa shape index (κ1) is 25.0. The minimum absolute atomic E-state index is 0.0672.